The molecule has 0 aliphatic heterocycles. The molecule has 2 amide bonds. The molecule has 2 N–H and O–H groups in total. The van der Waals surface area contributed by atoms with Crippen LogP contribution in [0.2, 0.25) is 0 Å². The Kier molecular flexibility index (Phi) is 5.83. The molecule has 7 nitrogen and oxygen atoms in total. The SMILES string of the molecule is CCS(=O)(=O)c1cccc(NC(=O)NC(C)c2oc3ccc(OC)cc3c2C)c1. The quantitative estimate of drug-likeness (QED) is 0.620. The zero-order valence-electron chi connectivity index (χ0n) is 16.8. The van der Waals surface area contributed by atoms with Crippen molar-refractivity contribution in [3.8, 4) is 5.75 Å². The van der Waals surface area contributed by atoms with E-state index in [9.17, 15) is 13.2 Å². The van der Waals surface area contributed by atoms with Gasteiger partial charge in [0.15, 0.2) is 9.84 Å². The Hall–Kier alpha value is -3.00. The number of rotatable bonds is 6. The number of anilines is 1. The van der Waals surface area contributed by atoms with Gasteiger partial charge >= 0.3 is 6.03 Å². The number of sulfone groups is 1. The topological polar surface area (TPSA) is 97.6 Å². The van der Waals surface area contributed by atoms with Crippen LogP contribution in [0.15, 0.2) is 51.8 Å². The second-order valence-electron chi connectivity index (χ2n) is 6.70. The largest absolute Gasteiger partial charge is 0.497 e. The Morgan fingerprint density at radius 1 is 1.21 bits per heavy atom. The molecule has 29 heavy (non-hydrogen) atoms. The van der Waals surface area contributed by atoms with E-state index in [0.29, 0.717) is 17.0 Å². The molecule has 1 aromatic heterocycles. The fraction of sp³-hybridized carbons (Fsp3) is 0.286. The van der Waals surface area contributed by atoms with Crippen molar-refractivity contribution in [3.63, 3.8) is 0 Å². The molecule has 0 saturated carbocycles. The summed E-state index contributed by atoms with van der Waals surface area (Å²) in [6, 6.07) is 10.9. The number of aryl methyl sites for hydroxylation is 1. The van der Waals surface area contributed by atoms with E-state index < -0.39 is 21.9 Å². The van der Waals surface area contributed by atoms with E-state index in [1.807, 2.05) is 32.0 Å². The zero-order valence-corrected chi connectivity index (χ0v) is 17.6. The van der Waals surface area contributed by atoms with E-state index in [1.54, 1.807) is 26.2 Å². The number of hydrogen-bond acceptors (Lipinski definition) is 5. The second-order valence-corrected chi connectivity index (χ2v) is 8.98. The number of hydrogen-bond donors (Lipinski definition) is 2. The van der Waals surface area contributed by atoms with Crippen LogP contribution in [0.3, 0.4) is 0 Å². The first-order valence-electron chi connectivity index (χ1n) is 9.22. The van der Waals surface area contributed by atoms with Crippen LogP contribution in [0.4, 0.5) is 10.5 Å². The van der Waals surface area contributed by atoms with E-state index >= 15 is 0 Å². The third-order valence-electron chi connectivity index (χ3n) is 4.75. The fourth-order valence-electron chi connectivity index (χ4n) is 3.12. The Bertz CT molecular complexity index is 1150. The summed E-state index contributed by atoms with van der Waals surface area (Å²) in [5, 5.41) is 6.42. The summed E-state index contributed by atoms with van der Waals surface area (Å²) in [7, 11) is -1.74. The van der Waals surface area contributed by atoms with Crippen LogP contribution in [-0.4, -0.2) is 27.3 Å². The van der Waals surface area contributed by atoms with Crippen molar-refractivity contribution in [2.24, 2.45) is 0 Å². The molecule has 0 spiro atoms. The van der Waals surface area contributed by atoms with Crippen LogP contribution in [0.25, 0.3) is 11.0 Å². The van der Waals surface area contributed by atoms with Gasteiger partial charge < -0.3 is 19.8 Å². The Morgan fingerprint density at radius 3 is 2.66 bits per heavy atom. The number of nitrogens with one attached hydrogen (secondary N) is 2. The van der Waals surface area contributed by atoms with Crippen LogP contribution in [0, 0.1) is 6.92 Å². The smallest absolute Gasteiger partial charge is 0.319 e. The van der Waals surface area contributed by atoms with Gasteiger partial charge in [-0.1, -0.05) is 13.0 Å². The Morgan fingerprint density at radius 2 is 1.97 bits per heavy atom. The number of carbonyl (C=O) groups is 1. The number of furan rings is 1. The Labute approximate surface area is 170 Å². The highest BCUT2D eigenvalue weighted by atomic mass is 32.2. The molecule has 2 aromatic carbocycles. The van der Waals surface area contributed by atoms with Gasteiger partial charge in [-0.25, -0.2) is 13.2 Å². The van der Waals surface area contributed by atoms with Crippen molar-refractivity contribution in [1.82, 2.24) is 5.32 Å². The molecular formula is C21H24N2O5S. The zero-order chi connectivity index (χ0) is 21.2. The van der Waals surface area contributed by atoms with E-state index in [0.717, 1.165) is 16.7 Å². The predicted octanol–water partition coefficient (Wildman–Crippen LogP) is 4.43. The second kappa shape index (κ2) is 8.16. The number of ether oxygens (including phenoxy) is 1. The maximum Gasteiger partial charge on any atom is 0.319 e. The van der Waals surface area contributed by atoms with Gasteiger partial charge in [0.1, 0.15) is 17.1 Å². The number of amides is 2. The number of carbonyl (C=O) groups excluding carboxylic acids is 1. The molecular weight excluding hydrogens is 392 g/mol. The normalized spacial score (nSPS) is 12.6. The first-order chi connectivity index (χ1) is 13.7. The summed E-state index contributed by atoms with van der Waals surface area (Å²) >= 11 is 0. The van der Waals surface area contributed by atoms with E-state index in [1.165, 1.54) is 12.1 Å². The van der Waals surface area contributed by atoms with E-state index in [-0.39, 0.29) is 10.6 Å². The molecule has 0 aliphatic rings. The van der Waals surface area contributed by atoms with Gasteiger partial charge in [0.25, 0.3) is 0 Å². The Balaban J connectivity index is 1.75. The molecule has 154 valence electrons. The lowest BCUT2D eigenvalue weighted by Gasteiger charge is -2.14. The minimum Gasteiger partial charge on any atom is -0.497 e. The summed E-state index contributed by atoms with van der Waals surface area (Å²) in [5.74, 6) is 1.37. The molecule has 0 saturated heterocycles. The van der Waals surface area contributed by atoms with Gasteiger partial charge in [0, 0.05) is 16.6 Å². The molecule has 1 heterocycles. The lowest BCUT2D eigenvalue weighted by atomic mass is 10.1. The fourth-order valence-corrected chi connectivity index (χ4v) is 4.05. The first kappa shape index (κ1) is 20.7. The molecule has 0 fully saturated rings. The standard InChI is InChI=1S/C21H24N2O5S/c1-5-29(25,26)17-8-6-7-15(11-17)23-21(24)22-14(3)20-13(2)18-12-16(27-4)9-10-19(18)28-20/h6-12,14H,5H2,1-4H3,(H2,22,23,24). The van der Waals surface area contributed by atoms with Gasteiger partial charge in [-0.15, -0.1) is 0 Å². The van der Waals surface area contributed by atoms with Crippen molar-refractivity contribution in [1.29, 1.82) is 0 Å². The number of urea groups is 1. The van der Waals surface area contributed by atoms with Crippen molar-refractivity contribution in [3.05, 3.63) is 53.8 Å². The van der Waals surface area contributed by atoms with Crippen LogP contribution in [0.1, 0.15) is 31.2 Å². The number of benzene rings is 2. The average molecular weight is 416 g/mol. The maximum absolute atomic E-state index is 12.4. The van der Waals surface area contributed by atoms with E-state index in [2.05, 4.69) is 10.6 Å². The third-order valence-corrected chi connectivity index (χ3v) is 6.48. The van der Waals surface area contributed by atoms with Gasteiger partial charge in [-0.2, -0.15) is 0 Å². The summed E-state index contributed by atoms with van der Waals surface area (Å²) in [6.45, 7) is 5.32. The molecule has 1 unspecified atom stereocenters. The van der Waals surface area contributed by atoms with Gasteiger partial charge in [0.2, 0.25) is 0 Å². The summed E-state index contributed by atoms with van der Waals surface area (Å²) in [5.41, 5.74) is 2.03. The highest BCUT2D eigenvalue weighted by Crippen LogP contribution is 2.32. The summed E-state index contributed by atoms with van der Waals surface area (Å²) < 4.78 is 35.2. The van der Waals surface area contributed by atoms with Crippen LogP contribution >= 0.6 is 0 Å². The molecule has 8 heteroatoms. The lowest BCUT2D eigenvalue weighted by Crippen LogP contribution is -2.31. The van der Waals surface area contributed by atoms with Crippen molar-refractivity contribution in [2.75, 3.05) is 18.2 Å². The maximum atomic E-state index is 12.4. The highest BCUT2D eigenvalue weighted by Gasteiger charge is 2.19. The van der Waals surface area contributed by atoms with Crippen molar-refractivity contribution in [2.45, 2.75) is 31.7 Å². The third kappa shape index (κ3) is 4.37. The number of fused-ring (bicyclic) bond motifs is 1. The van der Waals surface area contributed by atoms with Crippen LogP contribution in [-0.2, 0) is 9.84 Å². The van der Waals surface area contributed by atoms with Crippen molar-refractivity contribution < 1.29 is 22.4 Å². The summed E-state index contributed by atoms with van der Waals surface area (Å²) in [4.78, 5) is 12.6. The minimum atomic E-state index is -3.35. The lowest BCUT2D eigenvalue weighted by molar-refractivity contribution is 0.248. The first-order valence-corrected chi connectivity index (χ1v) is 10.9. The van der Waals surface area contributed by atoms with Crippen molar-refractivity contribution >= 4 is 32.5 Å². The molecule has 0 bridgehead atoms. The molecule has 0 radical (unpaired) electrons. The minimum absolute atomic E-state index is 0.00417. The van der Waals surface area contributed by atoms with E-state index in [4.69, 9.17) is 9.15 Å². The van der Waals surface area contributed by atoms with Gasteiger partial charge in [-0.3, -0.25) is 0 Å². The van der Waals surface area contributed by atoms with Gasteiger partial charge in [0.05, 0.1) is 23.8 Å². The summed E-state index contributed by atoms with van der Waals surface area (Å²) in [6.07, 6.45) is 0. The molecule has 0 aliphatic carbocycles. The molecule has 3 rings (SSSR count). The van der Waals surface area contributed by atoms with Crippen LogP contribution < -0.4 is 15.4 Å². The molecule has 1 atom stereocenters. The highest BCUT2D eigenvalue weighted by molar-refractivity contribution is 7.91. The van der Waals surface area contributed by atoms with Gasteiger partial charge in [-0.05, 0) is 50.2 Å². The van der Waals surface area contributed by atoms with Crippen LogP contribution in [0.5, 0.6) is 5.75 Å². The molecule has 3 aromatic rings. The number of methoxy groups -OCH3 is 1. The average Bonchev–Trinajstić information content (AvgIpc) is 3.04. The monoisotopic (exact) mass is 416 g/mol. The predicted molar refractivity (Wildman–Crippen MR) is 112 cm³/mol.